The van der Waals surface area contributed by atoms with Gasteiger partial charge in [0.1, 0.15) is 11.2 Å². The van der Waals surface area contributed by atoms with E-state index >= 15 is 0 Å². The van der Waals surface area contributed by atoms with E-state index in [4.69, 9.17) is 5.10 Å². The van der Waals surface area contributed by atoms with Crippen molar-refractivity contribution in [3.8, 4) is 11.3 Å². The Labute approximate surface area is 220 Å². The van der Waals surface area contributed by atoms with Gasteiger partial charge >= 0.3 is 0 Å². The van der Waals surface area contributed by atoms with Crippen LogP contribution in [-0.2, 0) is 17.8 Å². The number of nitrogens with zero attached hydrogens (tertiary/aromatic N) is 3. The van der Waals surface area contributed by atoms with E-state index in [1.807, 2.05) is 38.1 Å². The third-order valence-electron chi connectivity index (χ3n) is 8.24. The predicted octanol–water partition coefficient (Wildman–Crippen LogP) is 5.99. The van der Waals surface area contributed by atoms with Crippen LogP contribution in [0.1, 0.15) is 79.6 Å². The smallest absolute Gasteiger partial charge is 0.277 e. The van der Waals surface area contributed by atoms with E-state index in [9.17, 15) is 9.59 Å². The van der Waals surface area contributed by atoms with Crippen molar-refractivity contribution in [2.24, 2.45) is 0 Å². The van der Waals surface area contributed by atoms with Crippen molar-refractivity contribution in [1.82, 2.24) is 15.1 Å². The Morgan fingerprint density at radius 2 is 1.70 bits per heavy atom. The number of carbonyl (C=O) groups excluding carboxylic acids is 2. The SMILES string of the molecule is CCc1ccc(-c2cc3n(n2)CC(C)(C(=O)NC2CCCCCC2)N(c2ccc(C)c(C)c2)C3=O)cc1. The third kappa shape index (κ3) is 4.81. The number of anilines is 1. The van der Waals surface area contributed by atoms with E-state index in [0.717, 1.165) is 60.2 Å². The molecule has 194 valence electrons. The molecule has 1 aliphatic heterocycles. The van der Waals surface area contributed by atoms with Crippen LogP contribution in [0.25, 0.3) is 11.3 Å². The molecule has 2 heterocycles. The summed E-state index contributed by atoms with van der Waals surface area (Å²) in [6.07, 6.45) is 7.65. The van der Waals surface area contributed by atoms with Gasteiger partial charge in [-0.05, 0) is 74.9 Å². The molecule has 0 bridgehead atoms. The Kier molecular flexibility index (Phi) is 6.93. The van der Waals surface area contributed by atoms with Gasteiger partial charge in [-0.25, -0.2) is 0 Å². The summed E-state index contributed by atoms with van der Waals surface area (Å²) in [6.45, 7) is 8.41. The number of benzene rings is 2. The van der Waals surface area contributed by atoms with Crippen LogP contribution < -0.4 is 10.2 Å². The van der Waals surface area contributed by atoms with Crippen molar-refractivity contribution in [2.45, 2.75) is 90.8 Å². The van der Waals surface area contributed by atoms with E-state index in [-0.39, 0.29) is 17.9 Å². The Morgan fingerprint density at radius 3 is 2.35 bits per heavy atom. The fraction of sp³-hybridized carbons (Fsp3) is 0.452. The maximum absolute atomic E-state index is 14.1. The lowest BCUT2D eigenvalue weighted by molar-refractivity contribution is -0.127. The summed E-state index contributed by atoms with van der Waals surface area (Å²) < 4.78 is 1.73. The van der Waals surface area contributed by atoms with Crippen LogP contribution in [0, 0.1) is 13.8 Å². The van der Waals surface area contributed by atoms with Crippen LogP contribution in [0.15, 0.2) is 48.5 Å². The summed E-state index contributed by atoms with van der Waals surface area (Å²) in [5.41, 5.74) is 5.36. The molecule has 5 rings (SSSR count). The summed E-state index contributed by atoms with van der Waals surface area (Å²) in [5.74, 6) is -0.307. The third-order valence-corrected chi connectivity index (χ3v) is 8.24. The molecule has 0 spiro atoms. The summed E-state index contributed by atoms with van der Waals surface area (Å²) in [5, 5.41) is 8.14. The molecule has 1 N–H and O–H groups in total. The summed E-state index contributed by atoms with van der Waals surface area (Å²) in [6, 6.07) is 16.3. The first-order valence-electron chi connectivity index (χ1n) is 13.7. The molecule has 3 aromatic rings. The highest BCUT2D eigenvalue weighted by Gasteiger charge is 2.49. The number of rotatable bonds is 5. The minimum atomic E-state index is -1.10. The second-order valence-electron chi connectivity index (χ2n) is 11.0. The maximum Gasteiger partial charge on any atom is 0.277 e. The molecule has 1 aromatic heterocycles. The van der Waals surface area contributed by atoms with Gasteiger partial charge in [0.05, 0.1) is 12.2 Å². The Balaban J connectivity index is 1.55. The van der Waals surface area contributed by atoms with Gasteiger partial charge in [0.25, 0.3) is 5.91 Å². The average Bonchev–Trinajstić information content (AvgIpc) is 3.14. The standard InChI is InChI=1S/C31H38N4O2/c1-5-23-13-15-24(16-14-23)27-19-28-29(36)35(26-17-12-21(2)22(3)18-26)31(4,20-34(28)33-27)30(37)32-25-10-8-6-7-9-11-25/h12-19,25H,5-11,20H2,1-4H3,(H,32,37). The van der Waals surface area contributed by atoms with Gasteiger partial charge in [-0.15, -0.1) is 0 Å². The highest BCUT2D eigenvalue weighted by atomic mass is 16.2. The Hall–Kier alpha value is -3.41. The molecule has 2 aromatic carbocycles. The number of fused-ring (bicyclic) bond motifs is 1. The highest BCUT2D eigenvalue weighted by molar-refractivity contribution is 6.12. The number of carbonyl (C=O) groups is 2. The molecule has 2 amide bonds. The first-order valence-corrected chi connectivity index (χ1v) is 13.7. The number of aryl methyl sites for hydroxylation is 3. The van der Waals surface area contributed by atoms with Crippen LogP contribution in [-0.4, -0.2) is 33.2 Å². The molecule has 1 saturated carbocycles. The summed E-state index contributed by atoms with van der Waals surface area (Å²) >= 11 is 0. The molecule has 6 heteroatoms. The van der Waals surface area contributed by atoms with Crippen molar-refractivity contribution in [3.05, 3.63) is 70.9 Å². The zero-order valence-corrected chi connectivity index (χ0v) is 22.5. The lowest BCUT2D eigenvalue weighted by Crippen LogP contribution is -2.65. The quantitative estimate of drug-likeness (QED) is 0.440. The first-order chi connectivity index (χ1) is 17.8. The van der Waals surface area contributed by atoms with Gasteiger partial charge in [-0.2, -0.15) is 5.10 Å². The molecule has 1 fully saturated rings. The van der Waals surface area contributed by atoms with Gasteiger partial charge < -0.3 is 5.32 Å². The Morgan fingerprint density at radius 1 is 1.00 bits per heavy atom. The molecule has 1 aliphatic carbocycles. The second-order valence-corrected chi connectivity index (χ2v) is 11.0. The van der Waals surface area contributed by atoms with Crippen molar-refractivity contribution in [2.75, 3.05) is 4.90 Å². The van der Waals surface area contributed by atoms with E-state index in [1.165, 1.54) is 18.4 Å². The maximum atomic E-state index is 14.1. The normalized spacial score (nSPS) is 20.4. The lowest BCUT2D eigenvalue weighted by Gasteiger charge is -2.44. The molecule has 6 nitrogen and oxygen atoms in total. The van der Waals surface area contributed by atoms with Gasteiger partial charge in [0.15, 0.2) is 0 Å². The van der Waals surface area contributed by atoms with Crippen LogP contribution >= 0.6 is 0 Å². The molecule has 0 radical (unpaired) electrons. The van der Waals surface area contributed by atoms with Gasteiger partial charge in [-0.1, -0.05) is 62.9 Å². The van der Waals surface area contributed by atoms with E-state index < -0.39 is 5.54 Å². The molecule has 2 aliphatic rings. The number of hydrogen-bond donors (Lipinski definition) is 1. The molecular formula is C31H38N4O2. The van der Waals surface area contributed by atoms with Crippen molar-refractivity contribution in [1.29, 1.82) is 0 Å². The minimum absolute atomic E-state index is 0.110. The van der Waals surface area contributed by atoms with Crippen LogP contribution in [0.4, 0.5) is 5.69 Å². The van der Waals surface area contributed by atoms with Gasteiger partial charge in [0.2, 0.25) is 5.91 Å². The van der Waals surface area contributed by atoms with Crippen molar-refractivity contribution >= 4 is 17.5 Å². The fourth-order valence-corrected chi connectivity index (χ4v) is 5.67. The second kappa shape index (κ2) is 10.2. The van der Waals surface area contributed by atoms with Crippen LogP contribution in [0.5, 0.6) is 0 Å². The zero-order valence-electron chi connectivity index (χ0n) is 22.5. The fourth-order valence-electron chi connectivity index (χ4n) is 5.67. The number of hydrogen-bond acceptors (Lipinski definition) is 3. The molecule has 1 unspecified atom stereocenters. The van der Waals surface area contributed by atoms with E-state index in [2.05, 4.69) is 43.4 Å². The monoisotopic (exact) mass is 498 g/mol. The number of nitrogens with one attached hydrogen (secondary N) is 1. The molecular weight excluding hydrogens is 460 g/mol. The van der Waals surface area contributed by atoms with Crippen LogP contribution in [0.2, 0.25) is 0 Å². The summed E-state index contributed by atoms with van der Waals surface area (Å²) in [7, 11) is 0. The zero-order chi connectivity index (χ0) is 26.2. The van der Waals surface area contributed by atoms with Crippen LogP contribution in [0.3, 0.4) is 0 Å². The van der Waals surface area contributed by atoms with Crippen molar-refractivity contribution in [3.63, 3.8) is 0 Å². The topological polar surface area (TPSA) is 67.2 Å². The number of aromatic nitrogens is 2. The van der Waals surface area contributed by atoms with Gasteiger partial charge in [0, 0.05) is 17.3 Å². The van der Waals surface area contributed by atoms with E-state index in [1.54, 1.807) is 9.58 Å². The number of amides is 2. The van der Waals surface area contributed by atoms with Crippen molar-refractivity contribution < 1.29 is 9.59 Å². The minimum Gasteiger partial charge on any atom is -0.351 e. The largest absolute Gasteiger partial charge is 0.351 e. The van der Waals surface area contributed by atoms with E-state index in [0.29, 0.717) is 12.2 Å². The van der Waals surface area contributed by atoms with Gasteiger partial charge in [-0.3, -0.25) is 19.2 Å². The lowest BCUT2D eigenvalue weighted by atomic mass is 9.92. The predicted molar refractivity (Wildman–Crippen MR) is 148 cm³/mol. The first kappa shape index (κ1) is 25.2. The molecule has 0 saturated heterocycles. The average molecular weight is 499 g/mol. The summed E-state index contributed by atoms with van der Waals surface area (Å²) in [4.78, 5) is 29.8. The molecule has 1 atom stereocenters. The molecule has 37 heavy (non-hydrogen) atoms. The highest BCUT2D eigenvalue weighted by Crippen LogP contribution is 2.35. The Bertz CT molecular complexity index is 1300.